The maximum Gasteiger partial charge on any atom is 0.411 e. The highest BCUT2D eigenvalue weighted by Gasteiger charge is 2.13. The second-order valence-electron chi connectivity index (χ2n) is 21.1. The summed E-state index contributed by atoms with van der Waals surface area (Å²) in [5.74, 6) is 6.69. The summed E-state index contributed by atoms with van der Waals surface area (Å²) in [6.07, 6.45) is 20.5. The molecular weight excluding hydrogens is 1350 g/mol. The number of benzene rings is 3. The van der Waals surface area contributed by atoms with E-state index in [0.29, 0.717) is 11.1 Å². The van der Waals surface area contributed by atoms with Crippen molar-refractivity contribution in [3.63, 3.8) is 0 Å². The number of hydrogen-bond acceptors (Lipinski definition) is 19. The number of aryl methyl sites for hydroxylation is 1. The van der Waals surface area contributed by atoms with Crippen LogP contribution in [-0.4, -0.2) is 158 Å². The van der Waals surface area contributed by atoms with Gasteiger partial charge in [0.1, 0.15) is 37.1 Å². The van der Waals surface area contributed by atoms with E-state index in [4.69, 9.17) is 28.8 Å². The number of ether oxygens (including phenoxy) is 5. The minimum Gasteiger partial charge on any atom is -0.466 e. The van der Waals surface area contributed by atoms with Crippen LogP contribution in [0.2, 0.25) is 0 Å². The molecule has 2 unspecified atom stereocenters. The van der Waals surface area contributed by atoms with Crippen molar-refractivity contribution in [3.8, 4) is 5.75 Å². The van der Waals surface area contributed by atoms with Gasteiger partial charge in [-0.3, -0.25) is 5.32 Å². The highest BCUT2D eigenvalue weighted by atomic mass is 32.2. The van der Waals surface area contributed by atoms with Gasteiger partial charge >= 0.3 is 18.0 Å². The van der Waals surface area contributed by atoms with Crippen LogP contribution in [-0.2, 0) is 29.5 Å². The van der Waals surface area contributed by atoms with E-state index in [0.717, 1.165) is 60.8 Å². The third-order valence-electron chi connectivity index (χ3n) is 10.1. The van der Waals surface area contributed by atoms with Gasteiger partial charge in [0.25, 0.3) is 0 Å². The first kappa shape index (κ1) is 101. The summed E-state index contributed by atoms with van der Waals surface area (Å²) in [5, 5.41) is 21.1. The molecule has 3 rings (SSSR count). The van der Waals surface area contributed by atoms with Crippen LogP contribution in [0.5, 0.6) is 5.75 Å². The lowest BCUT2D eigenvalue weighted by Crippen LogP contribution is -2.24. The molecule has 3 N–H and O–H groups in total. The molecule has 94 heavy (non-hydrogen) atoms. The van der Waals surface area contributed by atoms with Gasteiger partial charge < -0.3 is 33.9 Å². The van der Waals surface area contributed by atoms with Gasteiger partial charge in [-0.2, -0.15) is 70.6 Å². The van der Waals surface area contributed by atoms with Crippen LogP contribution in [0.25, 0.3) is 0 Å². The minimum atomic E-state index is -0.896. The smallest absolute Gasteiger partial charge is 0.411 e. The third-order valence-corrected chi connectivity index (χ3v) is 16.6. The molecule has 0 spiro atoms. The van der Waals surface area contributed by atoms with Gasteiger partial charge in [-0.1, -0.05) is 104 Å². The Balaban J connectivity index is -0.000000243. The molecule has 3 aromatic carbocycles. The van der Waals surface area contributed by atoms with Crippen molar-refractivity contribution in [2.75, 3.05) is 124 Å². The van der Waals surface area contributed by atoms with Crippen LogP contribution >= 0.6 is 106 Å². The van der Waals surface area contributed by atoms with E-state index < -0.39 is 18.2 Å². The number of hydrogen-bond donors (Lipinski definition) is 3. The average Bonchev–Trinajstić information content (AvgIpc) is 1.01. The zero-order valence-corrected chi connectivity index (χ0v) is 68.0. The summed E-state index contributed by atoms with van der Waals surface area (Å²) in [6.45, 7) is 52.8. The number of nitrogens with one attached hydrogen (secondary N) is 1. The molecule has 0 aromatic heterocycles. The molecule has 0 fully saturated rings. The number of aliphatic hydroxyl groups excluding tert-OH is 2. The Morgan fingerprint density at radius 2 is 0.979 bits per heavy atom. The van der Waals surface area contributed by atoms with Crippen LogP contribution < -0.4 is 10.1 Å². The quantitative estimate of drug-likeness (QED) is 0.0101. The minimum absolute atomic E-state index is 0.0169. The second kappa shape index (κ2) is 70.7. The van der Waals surface area contributed by atoms with E-state index >= 15 is 0 Å². The number of carbonyl (C=O) groups is 3. The third kappa shape index (κ3) is 72.6. The van der Waals surface area contributed by atoms with Crippen LogP contribution in [0.3, 0.4) is 0 Å². The van der Waals surface area contributed by atoms with Crippen molar-refractivity contribution in [2.24, 2.45) is 0 Å². The number of carbonyl (C=O) groups excluding carboxylic acids is 3. The summed E-state index contributed by atoms with van der Waals surface area (Å²) in [7, 11) is 0. The summed E-state index contributed by atoms with van der Waals surface area (Å²) in [4.78, 5) is 36.3. The Bertz CT molecular complexity index is 2550. The standard InChI is InChI=1S/C15H20O5S.C14H19NO2S.C12H14O2S.3C6H12S.C5H10OS.2C5H10S/c1-11(2)15(17)19-9-12(16)8-18-10-20-13-6-4-5-7-14(13)21-3;1-10(2)8-17-14(16)15-13-7-12(9-18-4)6-5-11(13)3;1-9(2)8-14-12(13)10-6-4-5-7-11(10)15-3;3*1-6(2)4-5-7-3;1-4(2)5(6)7-3;2*1-5(2)4-6-3/h4-7,12,16H,1,8-10H2,2-3H3;5-7H,1,8-9H2,2-4H3,(H,15,16);4-7H,1,8H2,2-3H3;3*1,4-5H2,2-3H3;5-6H,1H2,2-3H3;2*1,4H2,2-3H3. The molecule has 20 heteroatoms. The Morgan fingerprint density at radius 1 is 0.521 bits per heavy atom. The molecule has 0 aliphatic rings. The average molecular weight is 1470 g/mol. The molecule has 0 heterocycles. The first-order chi connectivity index (χ1) is 44.2. The lowest BCUT2D eigenvalue weighted by Gasteiger charge is -2.13. The Hall–Kier alpha value is -3.64. The van der Waals surface area contributed by atoms with Gasteiger partial charge in [0.2, 0.25) is 0 Å². The molecule has 0 radical (unpaired) electrons. The molecule has 534 valence electrons. The van der Waals surface area contributed by atoms with Crippen molar-refractivity contribution < 1.29 is 48.3 Å². The lowest BCUT2D eigenvalue weighted by molar-refractivity contribution is -0.143. The number of esters is 2. The monoisotopic (exact) mass is 1470 g/mol. The fourth-order valence-corrected chi connectivity index (χ4v) is 10.1. The topological polar surface area (TPSA) is 150 Å². The maximum absolute atomic E-state index is 11.7. The first-order valence-corrected chi connectivity index (χ1v) is 41.8. The largest absolute Gasteiger partial charge is 0.466 e. The van der Waals surface area contributed by atoms with Gasteiger partial charge in [0.05, 0.1) is 12.2 Å². The van der Waals surface area contributed by atoms with Gasteiger partial charge in [-0.05, 0) is 220 Å². The van der Waals surface area contributed by atoms with E-state index in [2.05, 4.69) is 123 Å². The second-order valence-corrected chi connectivity index (χ2v) is 29.3. The molecule has 0 aliphatic carbocycles. The molecule has 0 bridgehead atoms. The van der Waals surface area contributed by atoms with Crippen LogP contribution in [0.1, 0.15) is 103 Å². The van der Waals surface area contributed by atoms with Crippen LogP contribution in [0, 0.1) is 6.92 Å². The van der Waals surface area contributed by atoms with Crippen molar-refractivity contribution in [1.82, 2.24) is 0 Å². The molecule has 0 saturated carbocycles. The highest BCUT2D eigenvalue weighted by molar-refractivity contribution is 8.00. The fraction of sp³-hybridized carbons (Fsp3) is 0.473. The Morgan fingerprint density at radius 3 is 1.34 bits per heavy atom. The van der Waals surface area contributed by atoms with E-state index in [9.17, 15) is 19.5 Å². The van der Waals surface area contributed by atoms with Gasteiger partial charge in [-0.25, -0.2) is 14.4 Å². The van der Waals surface area contributed by atoms with E-state index in [-0.39, 0.29) is 44.6 Å². The molecule has 11 nitrogen and oxygen atoms in total. The fourth-order valence-electron chi connectivity index (χ4n) is 5.37. The highest BCUT2D eigenvalue weighted by Crippen LogP contribution is 2.27. The Kier molecular flexibility index (Phi) is 76.2. The van der Waals surface area contributed by atoms with Crippen LogP contribution in [0.4, 0.5) is 10.5 Å². The number of aliphatic hydroxyl groups is 2. The number of thioether (sulfide) groups is 9. The van der Waals surface area contributed by atoms with Crippen molar-refractivity contribution in [1.29, 1.82) is 0 Å². The lowest BCUT2D eigenvalue weighted by atomic mass is 10.1. The summed E-state index contributed by atoms with van der Waals surface area (Å²) in [5.41, 5.74) is 12.4. The van der Waals surface area contributed by atoms with Crippen LogP contribution in [0.15, 0.2) is 186 Å². The predicted octanol–water partition coefficient (Wildman–Crippen LogP) is 21.4. The SMILES string of the molecule is C=C(C)C(=O)OCC(O)COCOc1ccccc1SC.C=C(C)C(O)SC.C=C(C)CCSC.C=C(C)CCSC.C=C(C)CCSC.C=C(C)COC(=O)Nc1cc(CSC)ccc1C.C=C(C)COC(=O)c1ccccc1SC.C=C(C)CSC.C=C(C)CSC. The van der Waals surface area contributed by atoms with Gasteiger partial charge in [0, 0.05) is 38.3 Å². The van der Waals surface area contributed by atoms with Crippen molar-refractivity contribution >= 4 is 130 Å². The number of amides is 1. The molecule has 0 saturated heterocycles. The molecule has 2 atom stereocenters. The normalized spacial score (nSPS) is 10.1. The predicted molar refractivity (Wildman–Crippen MR) is 437 cm³/mol. The molecular formula is C74H119NO10S9. The van der Waals surface area contributed by atoms with Gasteiger partial charge in [-0.15, -0.1) is 55.0 Å². The summed E-state index contributed by atoms with van der Waals surface area (Å²) in [6, 6.07) is 21.1. The number of para-hydroxylation sites is 1. The molecule has 0 aliphatic heterocycles. The number of allylic oxidation sites excluding steroid dienone is 3. The maximum atomic E-state index is 11.7. The zero-order chi connectivity index (χ0) is 73.4. The van der Waals surface area contributed by atoms with E-state index in [1.165, 1.54) is 93.5 Å². The number of anilines is 1. The van der Waals surface area contributed by atoms with Gasteiger partial charge in [0.15, 0.2) is 6.79 Å². The van der Waals surface area contributed by atoms with E-state index in [1.54, 1.807) is 43.4 Å². The number of rotatable bonds is 33. The molecule has 3 aromatic rings. The Labute approximate surface area is 610 Å². The summed E-state index contributed by atoms with van der Waals surface area (Å²) >= 11 is 15.5. The zero-order valence-electron chi connectivity index (χ0n) is 60.6. The molecule has 1 amide bonds. The first-order valence-electron chi connectivity index (χ1n) is 29.7. The van der Waals surface area contributed by atoms with Crippen molar-refractivity contribution in [3.05, 3.63) is 193 Å². The summed E-state index contributed by atoms with van der Waals surface area (Å²) < 4.78 is 25.6. The van der Waals surface area contributed by atoms with Crippen molar-refractivity contribution in [2.45, 2.75) is 116 Å². The van der Waals surface area contributed by atoms with E-state index in [1.807, 2.05) is 173 Å².